The van der Waals surface area contributed by atoms with E-state index in [1.165, 1.54) is 12.1 Å². The van der Waals surface area contributed by atoms with Gasteiger partial charge in [-0.1, -0.05) is 12.1 Å². The molecule has 0 atom stereocenters. The fourth-order valence-electron chi connectivity index (χ4n) is 3.50. The van der Waals surface area contributed by atoms with E-state index in [1.54, 1.807) is 6.07 Å². The van der Waals surface area contributed by atoms with Gasteiger partial charge in [0.1, 0.15) is 11.6 Å². The highest BCUT2D eigenvalue weighted by Crippen LogP contribution is 2.34. The monoisotopic (exact) mass is 438 g/mol. The van der Waals surface area contributed by atoms with Crippen LogP contribution in [-0.2, 0) is 25.0 Å². The molecule has 2 N–H and O–H groups in total. The molecule has 0 saturated carbocycles. The number of ether oxygens (including phenoxy) is 1. The lowest BCUT2D eigenvalue weighted by Gasteiger charge is -2.38. The highest BCUT2D eigenvalue weighted by atomic mass is 32.2. The van der Waals surface area contributed by atoms with Gasteiger partial charge in [0.2, 0.25) is 15.9 Å². The fourth-order valence-corrected chi connectivity index (χ4v) is 4.53. The Morgan fingerprint density at radius 3 is 2.40 bits per heavy atom. The summed E-state index contributed by atoms with van der Waals surface area (Å²) in [5, 5.41) is 2.84. The number of hydrogen-bond acceptors (Lipinski definition) is 4. The van der Waals surface area contributed by atoms with Gasteiger partial charge in [-0.25, -0.2) is 21.9 Å². The average Bonchev–Trinajstić information content (AvgIpc) is 2.73. The van der Waals surface area contributed by atoms with Gasteiger partial charge in [0.15, 0.2) is 0 Å². The molecule has 1 heterocycles. The third-order valence-corrected chi connectivity index (χ3v) is 6.76. The third-order valence-electron chi connectivity index (χ3n) is 5.28. The van der Waals surface area contributed by atoms with Gasteiger partial charge in [-0.15, -0.1) is 0 Å². The van der Waals surface area contributed by atoms with Crippen LogP contribution in [0, 0.1) is 11.6 Å². The maximum Gasteiger partial charge on any atom is 0.240 e. The lowest BCUT2D eigenvalue weighted by Crippen LogP contribution is -2.45. The highest BCUT2D eigenvalue weighted by molar-refractivity contribution is 7.89. The molecule has 0 spiro atoms. The van der Waals surface area contributed by atoms with Crippen molar-refractivity contribution in [2.75, 3.05) is 26.3 Å². The second kappa shape index (κ2) is 9.63. The molecule has 0 unspecified atom stereocenters. The predicted molar refractivity (Wildman–Crippen MR) is 107 cm³/mol. The largest absolute Gasteiger partial charge is 0.381 e. The Kier molecular flexibility index (Phi) is 7.17. The van der Waals surface area contributed by atoms with Gasteiger partial charge < -0.3 is 10.1 Å². The molecule has 9 heteroatoms. The molecule has 2 aromatic carbocycles. The molecule has 3 rings (SSSR count). The van der Waals surface area contributed by atoms with E-state index in [0.29, 0.717) is 32.6 Å². The van der Waals surface area contributed by atoms with E-state index in [4.69, 9.17) is 4.74 Å². The standard InChI is InChI=1S/C21H24F2N2O4S/c22-17-4-6-19(7-5-17)30(27,28)25-11-8-20(26)24-15-21(9-12-29-13-10-21)16-2-1-3-18(23)14-16/h1-7,14,25H,8-13,15H2,(H,24,26). The van der Waals surface area contributed by atoms with Crippen molar-refractivity contribution in [3.05, 3.63) is 65.7 Å². The lowest BCUT2D eigenvalue weighted by atomic mass is 9.74. The second-order valence-corrected chi connectivity index (χ2v) is 9.05. The molecule has 2 aromatic rings. The maximum absolute atomic E-state index is 13.7. The van der Waals surface area contributed by atoms with Crippen LogP contribution in [0.1, 0.15) is 24.8 Å². The van der Waals surface area contributed by atoms with Crippen molar-refractivity contribution in [2.24, 2.45) is 0 Å². The Morgan fingerprint density at radius 2 is 1.73 bits per heavy atom. The molecular formula is C21H24F2N2O4S. The number of nitrogens with one attached hydrogen (secondary N) is 2. The average molecular weight is 438 g/mol. The minimum Gasteiger partial charge on any atom is -0.381 e. The fraction of sp³-hybridized carbons (Fsp3) is 0.381. The van der Waals surface area contributed by atoms with E-state index in [9.17, 15) is 22.0 Å². The van der Waals surface area contributed by atoms with Crippen molar-refractivity contribution in [1.29, 1.82) is 0 Å². The first kappa shape index (κ1) is 22.3. The van der Waals surface area contributed by atoms with Crippen LogP contribution in [0.25, 0.3) is 0 Å². The summed E-state index contributed by atoms with van der Waals surface area (Å²) in [4.78, 5) is 12.2. The predicted octanol–water partition coefficient (Wildman–Crippen LogP) is 2.50. The molecule has 0 aliphatic carbocycles. The molecular weight excluding hydrogens is 414 g/mol. The van der Waals surface area contributed by atoms with Crippen molar-refractivity contribution >= 4 is 15.9 Å². The van der Waals surface area contributed by atoms with Crippen molar-refractivity contribution in [3.63, 3.8) is 0 Å². The maximum atomic E-state index is 13.7. The molecule has 0 aromatic heterocycles. The van der Waals surface area contributed by atoms with E-state index < -0.39 is 21.3 Å². The van der Waals surface area contributed by atoms with Crippen LogP contribution < -0.4 is 10.0 Å². The minimum atomic E-state index is -3.82. The van der Waals surface area contributed by atoms with Gasteiger partial charge >= 0.3 is 0 Å². The van der Waals surface area contributed by atoms with Gasteiger partial charge in [-0.05, 0) is 54.8 Å². The van der Waals surface area contributed by atoms with E-state index in [-0.39, 0.29) is 29.6 Å². The Hall–Kier alpha value is -2.36. The van der Waals surface area contributed by atoms with Crippen LogP contribution in [0.2, 0.25) is 0 Å². The summed E-state index contributed by atoms with van der Waals surface area (Å²) in [6.45, 7) is 1.25. The van der Waals surface area contributed by atoms with Crippen molar-refractivity contribution in [1.82, 2.24) is 10.0 Å². The quantitative estimate of drug-likeness (QED) is 0.663. The highest BCUT2D eigenvalue weighted by Gasteiger charge is 2.35. The van der Waals surface area contributed by atoms with Crippen LogP contribution in [0.15, 0.2) is 53.4 Å². The van der Waals surface area contributed by atoms with Crippen LogP contribution in [0.5, 0.6) is 0 Å². The SMILES string of the molecule is O=C(CCNS(=O)(=O)c1ccc(F)cc1)NCC1(c2cccc(F)c2)CCOCC1. The molecule has 1 saturated heterocycles. The topological polar surface area (TPSA) is 84.5 Å². The van der Waals surface area contributed by atoms with Gasteiger partial charge in [-0.3, -0.25) is 4.79 Å². The first-order valence-corrected chi connectivity index (χ1v) is 11.1. The second-order valence-electron chi connectivity index (χ2n) is 7.28. The normalized spacial score (nSPS) is 16.2. The molecule has 1 aliphatic rings. The smallest absolute Gasteiger partial charge is 0.240 e. The molecule has 162 valence electrons. The lowest BCUT2D eigenvalue weighted by molar-refractivity contribution is -0.121. The Bertz CT molecular complexity index is 975. The van der Waals surface area contributed by atoms with Gasteiger partial charge in [0.25, 0.3) is 0 Å². The van der Waals surface area contributed by atoms with Crippen LogP contribution in [0.4, 0.5) is 8.78 Å². The van der Waals surface area contributed by atoms with Crippen LogP contribution in [0.3, 0.4) is 0 Å². The molecule has 1 fully saturated rings. The summed E-state index contributed by atoms with van der Waals surface area (Å²) < 4.78 is 58.8. The zero-order valence-corrected chi connectivity index (χ0v) is 17.2. The van der Waals surface area contributed by atoms with Gasteiger partial charge in [0.05, 0.1) is 4.90 Å². The van der Waals surface area contributed by atoms with Crippen molar-refractivity contribution < 1.29 is 26.7 Å². The number of amides is 1. The van der Waals surface area contributed by atoms with Crippen LogP contribution >= 0.6 is 0 Å². The number of halogens is 2. The molecule has 0 radical (unpaired) electrons. The number of hydrogen-bond donors (Lipinski definition) is 2. The number of rotatable bonds is 8. The zero-order valence-electron chi connectivity index (χ0n) is 16.4. The molecule has 0 bridgehead atoms. The van der Waals surface area contributed by atoms with E-state index in [1.807, 2.05) is 6.07 Å². The minimum absolute atomic E-state index is 0.0594. The number of sulfonamides is 1. The Morgan fingerprint density at radius 1 is 1.03 bits per heavy atom. The number of carbonyl (C=O) groups is 1. The van der Waals surface area contributed by atoms with Crippen LogP contribution in [-0.4, -0.2) is 40.6 Å². The molecule has 1 aliphatic heterocycles. The van der Waals surface area contributed by atoms with Gasteiger partial charge in [0, 0.05) is 38.1 Å². The first-order valence-electron chi connectivity index (χ1n) is 9.67. The Balaban J connectivity index is 1.55. The molecule has 1 amide bonds. The summed E-state index contributed by atoms with van der Waals surface area (Å²) >= 11 is 0. The third kappa shape index (κ3) is 5.62. The van der Waals surface area contributed by atoms with E-state index in [0.717, 1.165) is 29.8 Å². The Labute approximate surface area is 174 Å². The summed E-state index contributed by atoms with van der Waals surface area (Å²) in [5.41, 5.74) is 0.381. The summed E-state index contributed by atoms with van der Waals surface area (Å²) in [5.74, 6) is -1.19. The van der Waals surface area contributed by atoms with Gasteiger partial charge in [-0.2, -0.15) is 0 Å². The summed E-state index contributed by atoms with van der Waals surface area (Å²) in [6.07, 6.45) is 1.23. The summed E-state index contributed by atoms with van der Waals surface area (Å²) in [7, 11) is -3.82. The summed E-state index contributed by atoms with van der Waals surface area (Å²) in [6, 6.07) is 10.8. The molecule has 6 nitrogen and oxygen atoms in total. The van der Waals surface area contributed by atoms with E-state index in [2.05, 4.69) is 10.0 Å². The zero-order chi connectivity index (χ0) is 21.6. The van der Waals surface area contributed by atoms with E-state index >= 15 is 0 Å². The first-order chi connectivity index (χ1) is 14.3. The van der Waals surface area contributed by atoms with Crippen molar-refractivity contribution in [2.45, 2.75) is 29.6 Å². The number of benzene rings is 2. The van der Waals surface area contributed by atoms with Crippen molar-refractivity contribution in [3.8, 4) is 0 Å². The molecule has 30 heavy (non-hydrogen) atoms. The number of carbonyl (C=O) groups excluding carboxylic acids is 1.